The van der Waals surface area contributed by atoms with Gasteiger partial charge in [-0.25, -0.2) is 4.98 Å². The lowest BCUT2D eigenvalue weighted by molar-refractivity contribution is 1.18. The Bertz CT molecular complexity index is 326. The van der Waals surface area contributed by atoms with Gasteiger partial charge in [-0.3, -0.25) is 0 Å². The van der Waals surface area contributed by atoms with Gasteiger partial charge >= 0.3 is 0 Å². The maximum atomic E-state index is 6.24. The molecule has 0 radical (unpaired) electrons. The molecule has 0 aliphatic heterocycles. The molecule has 0 fully saturated rings. The van der Waals surface area contributed by atoms with Crippen LogP contribution in [0.1, 0.15) is 26.3 Å². The predicted molar refractivity (Wildman–Crippen MR) is 70.8 cm³/mol. The van der Waals surface area contributed by atoms with E-state index in [2.05, 4.69) is 38.7 Å². The molecule has 0 saturated heterocycles. The molecule has 1 rings (SSSR count). The number of pyridine rings is 1. The summed E-state index contributed by atoms with van der Waals surface area (Å²) >= 11 is 6.24. The lowest BCUT2D eigenvalue weighted by atomic mass is 10.3. The highest BCUT2D eigenvalue weighted by atomic mass is 35.5. The molecule has 0 aliphatic carbocycles. The maximum Gasteiger partial charge on any atom is 0.128 e. The van der Waals surface area contributed by atoms with Crippen LogP contribution in [0, 0.1) is 6.92 Å². The first-order valence-corrected chi connectivity index (χ1v) is 8.72. The summed E-state index contributed by atoms with van der Waals surface area (Å²) in [5, 5.41) is 2.09. The van der Waals surface area contributed by atoms with Gasteiger partial charge in [-0.1, -0.05) is 56.6 Å². The van der Waals surface area contributed by atoms with Crippen LogP contribution in [0.15, 0.2) is 12.3 Å². The van der Waals surface area contributed by atoms with Crippen LogP contribution in [-0.4, -0.2) is 13.1 Å². The molecule has 0 aromatic carbocycles. The molecule has 1 aromatic heterocycles. The Hall–Kier alpha value is -0.343. The number of aryl methyl sites for hydroxylation is 1. The van der Waals surface area contributed by atoms with Gasteiger partial charge in [-0.2, -0.15) is 0 Å². The van der Waals surface area contributed by atoms with E-state index >= 15 is 0 Å². The SMILES string of the molecule is CC[Si](CC)(CC)c1cc(C)cnc1Cl. The topological polar surface area (TPSA) is 12.9 Å². The van der Waals surface area contributed by atoms with E-state index in [1.807, 2.05) is 6.20 Å². The fraction of sp³-hybridized carbons (Fsp3) is 0.583. The van der Waals surface area contributed by atoms with Gasteiger partial charge in [0.1, 0.15) is 5.15 Å². The lowest BCUT2D eigenvalue weighted by Crippen LogP contribution is -2.46. The second-order valence-electron chi connectivity index (χ2n) is 4.19. The highest BCUT2D eigenvalue weighted by Gasteiger charge is 2.31. The second kappa shape index (κ2) is 5.13. The molecule has 15 heavy (non-hydrogen) atoms. The van der Waals surface area contributed by atoms with Crippen LogP contribution in [0.3, 0.4) is 0 Å². The van der Waals surface area contributed by atoms with Gasteiger partial charge in [0.05, 0.1) is 8.07 Å². The predicted octanol–water partition coefficient (Wildman–Crippen LogP) is 3.76. The summed E-state index contributed by atoms with van der Waals surface area (Å²) in [4.78, 5) is 4.29. The van der Waals surface area contributed by atoms with Crippen molar-refractivity contribution in [3.8, 4) is 0 Å². The number of nitrogens with zero attached hydrogens (tertiary/aromatic N) is 1. The molecule has 0 N–H and O–H groups in total. The Morgan fingerprint density at radius 2 is 1.73 bits per heavy atom. The number of aromatic nitrogens is 1. The van der Waals surface area contributed by atoms with Crippen molar-refractivity contribution in [3.05, 3.63) is 23.0 Å². The van der Waals surface area contributed by atoms with E-state index in [1.54, 1.807) is 0 Å². The zero-order valence-electron chi connectivity index (χ0n) is 10.1. The normalized spacial score (nSPS) is 11.8. The van der Waals surface area contributed by atoms with Crippen LogP contribution < -0.4 is 5.19 Å². The number of halogens is 1. The van der Waals surface area contributed by atoms with Gasteiger partial charge in [0.2, 0.25) is 0 Å². The standard InChI is InChI=1S/C12H20ClNSi/c1-5-15(6-2,7-3)11-8-10(4)9-14-12(11)13/h8-9H,5-7H2,1-4H3. The maximum absolute atomic E-state index is 6.24. The average Bonchev–Trinajstić information content (AvgIpc) is 2.26. The molecule has 0 atom stereocenters. The van der Waals surface area contributed by atoms with Crippen LogP contribution in [0.2, 0.25) is 23.3 Å². The monoisotopic (exact) mass is 241 g/mol. The number of hydrogen-bond acceptors (Lipinski definition) is 1. The lowest BCUT2D eigenvalue weighted by Gasteiger charge is -2.29. The van der Waals surface area contributed by atoms with E-state index < -0.39 is 8.07 Å². The molecule has 0 spiro atoms. The molecule has 3 heteroatoms. The van der Waals surface area contributed by atoms with Crippen molar-refractivity contribution in [1.29, 1.82) is 0 Å². The van der Waals surface area contributed by atoms with Gasteiger partial charge in [0.15, 0.2) is 0 Å². The minimum atomic E-state index is -1.36. The van der Waals surface area contributed by atoms with Crippen molar-refractivity contribution >= 4 is 24.9 Å². The van der Waals surface area contributed by atoms with Crippen LogP contribution in [-0.2, 0) is 0 Å². The Kier molecular flexibility index (Phi) is 4.35. The summed E-state index contributed by atoms with van der Waals surface area (Å²) in [6.45, 7) is 8.96. The molecule has 0 saturated carbocycles. The van der Waals surface area contributed by atoms with Gasteiger partial charge in [0, 0.05) is 6.20 Å². The Morgan fingerprint density at radius 3 is 2.20 bits per heavy atom. The molecule has 0 bridgehead atoms. The van der Waals surface area contributed by atoms with Crippen molar-refractivity contribution in [2.24, 2.45) is 0 Å². The Morgan fingerprint density at radius 1 is 1.20 bits per heavy atom. The highest BCUT2D eigenvalue weighted by molar-refractivity contribution is 6.92. The molecule has 1 heterocycles. The van der Waals surface area contributed by atoms with E-state index in [-0.39, 0.29) is 0 Å². The molecule has 0 unspecified atom stereocenters. The van der Waals surface area contributed by atoms with Gasteiger partial charge in [0.25, 0.3) is 0 Å². The van der Waals surface area contributed by atoms with E-state index in [4.69, 9.17) is 11.6 Å². The third kappa shape index (κ3) is 2.43. The van der Waals surface area contributed by atoms with Crippen molar-refractivity contribution in [1.82, 2.24) is 4.98 Å². The summed E-state index contributed by atoms with van der Waals surface area (Å²) in [6, 6.07) is 6.01. The molecule has 84 valence electrons. The molecule has 1 nitrogen and oxygen atoms in total. The minimum absolute atomic E-state index is 0.734. The first-order chi connectivity index (χ1) is 7.09. The average molecular weight is 242 g/mol. The fourth-order valence-corrected chi connectivity index (χ4v) is 6.63. The third-order valence-electron chi connectivity index (χ3n) is 3.58. The van der Waals surface area contributed by atoms with Crippen molar-refractivity contribution in [3.63, 3.8) is 0 Å². The minimum Gasteiger partial charge on any atom is -0.244 e. The highest BCUT2D eigenvalue weighted by Crippen LogP contribution is 2.23. The quantitative estimate of drug-likeness (QED) is 0.578. The fourth-order valence-electron chi connectivity index (χ4n) is 2.25. The van der Waals surface area contributed by atoms with Gasteiger partial charge in [-0.15, -0.1) is 0 Å². The first-order valence-electron chi connectivity index (χ1n) is 5.72. The zero-order chi connectivity index (χ0) is 11.5. The van der Waals surface area contributed by atoms with E-state index in [1.165, 1.54) is 28.9 Å². The van der Waals surface area contributed by atoms with Crippen molar-refractivity contribution in [2.45, 2.75) is 45.8 Å². The van der Waals surface area contributed by atoms with Gasteiger partial charge in [-0.05, 0) is 17.7 Å². The molecule has 1 aromatic rings. The smallest absolute Gasteiger partial charge is 0.128 e. The van der Waals surface area contributed by atoms with Crippen LogP contribution in [0.4, 0.5) is 0 Å². The molecular formula is C12H20ClNSi. The van der Waals surface area contributed by atoms with Crippen molar-refractivity contribution in [2.75, 3.05) is 0 Å². The van der Waals surface area contributed by atoms with E-state index in [9.17, 15) is 0 Å². The first kappa shape index (κ1) is 12.7. The number of rotatable bonds is 4. The summed E-state index contributed by atoms with van der Waals surface area (Å²) in [7, 11) is -1.36. The zero-order valence-corrected chi connectivity index (χ0v) is 11.9. The van der Waals surface area contributed by atoms with Crippen LogP contribution in [0.25, 0.3) is 0 Å². The summed E-state index contributed by atoms with van der Waals surface area (Å²) in [6.07, 6.45) is 1.85. The largest absolute Gasteiger partial charge is 0.244 e. The molecule has 0 amide bonds. The molecular weight excluding hydrogens is 222 g/mol. The van der Waals surface area contributed by atoms with Crippen molar-refractivity contribution < 1.29 is 0 Å². The van der Waals surface area contributed by atoms with E-state index in [0.29, 0.717) is 0 Å². The van der Waals surface area contributed by atoms with E-state index in [0.717, 1.165) is 5.15 Å². The summed E-state index contributed by atoms with van der Waals surface area (Å²) < 4.78 is 0. The van der Waals surface area contributed by atoms with Crippen LogP contribution in [0.5, 0.6) is 0 Å². The Balaban J connectivity index is 3.27. The number of hydrogen-bond donors (Lipinski definition) is 0. The summed E-state index contributed by atoms with van der Waals surface area (Å²) in [5.41, 5.74) is 1.22. The van der Waals surface area contributed by atoms with Crippen LogP contribution >= 0.6 is 11.6 Å². The summed E-state index contributed by atoms with van der Waals surface area (Å²) in [5.74, 6) is 0. The van der Waals surface area contributed by atoms with Gasteiger partial charge < -0.3 is 0 Å². The molecule has 0 aliphatic rings. The Labute approximate surface area is 98.9 Å². The third-order valence-corrected chi connectivity index (χ3v) is 9.62. The second-order valence-corrected chi connectivity index (χ2v) is 9.77.